The maximum atomic E-state index is 12.1. The molecule has 2 rings (SSSR count). The lowest BCUT2D eigenvalue weighted by molar-refractivity contribution is -0.000286. The van der Waals surface area contributed by atoms with Crippen molar-refractivity contribution in [1.82, 2.24) is 9.21 Å². The van der Waals surface area contributed by atoms with Crippen molar-refractivity contribution in [3.63, 3.8) is 0 Å². The molecule has 2 fully saturated rings. The van der Waals surface area contributed by atoms with Crippen molar-refractivity contribution in [3.8, 4) is 0 Å². The number of rotatable bonds is 1. The Kier molecular flexibility index (Phi) is 4.03. The van der Waals surface area contributed by atoms with Gasteiger partial charge in [0.05, 0.1) is 6.26 Å². The summed E-state index contributed by atoms with van der Waals surface area (Å²) in [5.41, 5.74) is -0.498. The zero-order valence-corrected chi connectivity index (χ0v) is 13.4. The molecule has 0 aliphatic carbocycles. The van der Waals surface area contributed by atoms with Gasteiger partial charge < -0.3 is 9.64 Å². The van der Waals surface area contributed by atoms with Crippen LogP contribution in [-0.2, 0) is 14.8 Å². The minimum atomic E-state index is -3.14. The SMILES string of the molecule is CC(C)(C)OC(=O)N1CC2CC(C1)CN(S(C)(=O)=O)C2. The Morgan fingerprint density at radius 2 is 1.60 bits per heavy atom. The van der Waals surface area contributed by atoms with Crippen LogP contribution in [0.15, 0.2) is 0 Å². The van der Waals surface area contributed by atoms with E-state index in [1.54, 1.807) is 4.90 Å². The Bertz CT molecular complexity index is 469. The highest BCUT2D eigenvalue weighted by molar-refractivity contribution is 7.88. The van der Waals surface area contributed by atoms with Crippen molar-refractivity contribution >= 4 is 16.1 Å². The number of hydrogen-bond donors (Lipinski definition) is 0. The molecular formula is C13H24N2O4S. The van der Waals surface area contributed by atoms with Gasteiger partial charge in [0.1, 0.15) is 5.60 Å². The molecule has 2 aliphatic heterocycles. The van der Waals surface area contributed by atoms with E-state index >= 15 is 0 Å². The van der Waals surface area contributed by atoms with E-state index in [0.29, 0.717) is 26.2 Å². The van der Waals surface area contributed by atoms with Crippen LogP contribution in [0.5, 0.6) is 0 Å². The molecule has 7 heteroatoms. The molecule has 0 aromatic heterocycles. The summed E-state index contributed by atoms with van der Waals surface area (Å²) >= 11 is 0. The molecule has 0 aromatic carbocycles. The first-order valence-electron chi connectivity index (χ1n) is 6.97. The summed E-state index contributed by atoms with van der Waals surface area (Å²) in [5, 5.41) is 0. The zero-order valence-electron chi connectivity index (χ0n) is 12.6. The van der Waals surface area contributed by atoms with Gasteiger partial charge in [0.25, 0.3) is 0 Å². The fraction of sp³-hybridized carbons (Fsp3) is 0.923. The van der Waals surface area contributed by atoms with Gasteiger partial charge in [-0.2, -0.15) is 0 Å². The summed E-state index contributed by atoms with van der Waals surface area (Å²) in [7, 11) is -3.14. The molecule has 0 aromatic rings. The molecule has 2 atom stereocenters. The molecule has 0 spiro atoms. The second kappa shape index (κ2) is 5.18. The fourth-order valence-electron chi connectivity index (χ4n) is 2.98. The summed E-state index contributed by atoms with van der Waals surface area (Å²) in [6.45, 7) is 7.72. The van der Waals surface area contributed by atoms with Crippen molar-refractivity contribution in [2.24, 2.45) is 11.8 Å². The van der Waals surface area contributed by atoms with Crippen molar-refractivity contribution in [1.29, 1.82) is 0 Å². The Labute approximate surface area is 121 Å². The van der Waals surface area contributed by atoms with Gasteiger partial charge in [0, 0.05) is 26.2 Å². The van der Waals surface area contributed by atoms with Crippen LogP contribution < -0.4 is 0 Å². The van der Waals surface area contributed by atoms with Crippen LogP contribution in [-0.4, -0.2) is 61.8 Å². The van der Waals surface area contributed by atoms with Gasteiger partial charge in [-0.1, -0.05) is 0 Å². The van der Waals surface area contributed by atoms with E-state index < -0.39 is 15.6 Å². The third-order valence-electron chi connectivity index (χ3n) is 3.67. The van der Waals surface area contributed by atoms with Gasteiger partial charge in [-0.05, 0) is 39.0 Å². The van der Waals surface area contributed by atoms with E-state index in [1.165, 1.54) is 10.6 Å². The van der Waals surface area contributed by atoms with Crippen LogP contribution in [0.25, 0.3) is 0 Å². The number of fused-ring (bicyclic) bond motifs is 2. The van der Waals surface area contributed by atoms with E-state index in [4.69, 9.17) is 4.74 Å². The molecule has 0 radical (unpaired) electrons. The highest BCUT2D eigenvalue weighted by Crippen LogP contribution is 2.30. The highest BCUT2D eigenvalue weighted by Gasteiger charge is 2.39. The minimum absolute atomic E-state index is 0.213. The van der Waals surface area contributed by atoms with Crippen LogP contribution in [0.4, 0.5) is 4.79 Å². The molecule has 6 nitrogen and oxygen atoms in total. The number of nitrogens with zero attached hydrogens (tertiary/aromatic N) is 2. The van der Waals surface area contributed by atoms with Crippen LogP contribution in [0.2, 0.25) is 0 Å². The predicted octanol–water partition coefficient (Wildman–Crippen LogP) is 1.13. The highest BCUT2D eigenvalue weighted by atomic mass is 32.2. The summed E-state index contributed by atoms with van der Waals surface area (Å²) in [4.78, 5) is 13.8. The summed E-state index contributed by atoms with van der Waals surface area (Å²) < 4.78 is 30.2. The number of carbonyl (C=O) groups is 1. The third-order valence-corrected chi connectivity index (χ3v) is 4.90. The first-order chi connectivity index (χ1) is 9.04. The molecular weight excluding hydrogens is 280 g/mol. The number of piperidine rings is 2. The van der Waals surface area contributed by atoms with Crippen molar-refractivity contribution < 1.29 is 17.9 Å². The smallest absolute Gasteiger partial charge is 0.410 e. The molecule has 2 aliphatic rings. The molecule has 116 valence electrons. The van der Waals surface area contributed by atoms with Crippen molar-refractivity contribution in [2.75, 3.05) is 32.4 Å². The molecule has 2 bridgehead atoms. The quantitative estimate of drug-likeness (QED) is 0.728. The maximum Gasteiger partial charge on any atom is 0.410 e. The lowest BCUT2D eigenvalue weighted by atomic mass is 9.86. The predicted molar refractivity (Wildman–Crippen MR) is 75.8 cm³/mol. The largest absolute Gasteiger partial charge is 0.444 e. The second-order valence-corrected chi connectivity index (χ2v) is 8.92. The van der Waals surface area contributed by atoms with E-state index in [0.717, 1.165) is 6.42 Å². The van der Waals surface area contributed by atoms with Gasteiger partial charge in [0.15, 0.2) is 0 Å². The first kappa shape index (κ1) is 15.6. The summed E-state index contributed by atoms with van der Waals surface area (Å²) in [5.74, 6) is 0.425. The molecule has 20 heavy (non-hydrogen) atoms. The summed E-state index contributed by atoms with van der Waals surface area (Å²) in [6, 6.07) is 0. The standard InChI is InChI=1S/C13H24N2O4S/c1-13(2,3)19-12(16)14-6-10-5-11(7-14)9-15(8-10)20(4,17)18/h10-11H,5-9H2,1-4H3. The van der Waals surface area contributed by atoms with E-state index in [2.05, 4.69) is 0 Å². The number of ether oxygens (including phenoxy) is 1. The van der Waals surface area contributed by atoms with Gasteiger partial charge in [0.2, 0.25) is 10.0 Å². The number of amides is 1. The normalized spacial score (nSPS) is 28.3. The molecule has 0 saturated carbocycles. The van der Waals surface area contributed by atoms with Gasteiger partial charge >= 0.3 is 6.09 Å². The number of carbonyl (C=O) groups excluding carboxylic acids is 1. The van der Waals surface area contributed by atoms with Gasteiger partial charge in [-0.15, -0.1) is 0 Å². The fourth-order valence-corrected chi connectivity index (χ4v) is 3.94. The first-order valence-corrected chi connectivity index (χ1v) is 8.82. The van der Waals surface area contributed by atoms with Crippen molar-refractivity contribution in [2.45, 2.75) is 32.8 Å². The van der Waals surface area contributed by atoms with Crippen LogP contribution in [0, 0.1) is 11.8 Å². The van der Waals surface area contributed by atoms with E-state index in [-0.39, 0.29) is 17.9 Å². The number of likely N-dealkylation sites (tertiary alicyclic amines) is 1. The minimum Gasteiger partial charge on any atom is -0.444 e. The third kappa shape index (κ3) is 3.85. The summed E-state index contributed by atoms with van der Waals surface area (Å²) in [6.07, 6.45) is 1.95. The number of hydrogen-bond acceptors (Lipinski definition) is 4. The lowest BCUT2D eigenvalue weighted by Crippen LogP contribution is -2.55. The van der Waals surface area contributed by atoms with Crippen LogP contribution in [0.3, 0.4) is 0 Å². The Balaban J connectivity index is 2.00. The molecule has 1 amide bonds. The molecule has 2 heterocycles. The average molecular weight is 304 g/mol. The molecule has 2 saturated heterocycles. The molecule has 0 N–H and O–H groups in total. The Morgan fingerprint density at radius 1 is 1.10 bits per heavy atom. The monoisotopic (exact) mass is 304 g/mol. The van der Waals surface area contributed by atoms with E-state index in [9.17, 15) is 13.2 Å². The van der Waals surface area contributed by atoms with Crippen LogP contribution in [0.1, 0.15) is 27.2 Å². The lowest BCUT2D eigenvalue weighted by Gasteiger charge is -2.44. The average Bonchev–Trinajstić information content (AvgIpc) is 2.23. The Hall–Kier alpha value is -0.820. The van der Waals surface area contributed by atoms with Crippen molar-refractivity contribution in [3.05, 3.63) is 0 Å². The van der Waals surface area contributed by atoms with Gasteiger partial charge in [-0.25, -0.2) is 17.5 Å². The van der Waals surface area contributed by atoms with Crippen LogP contribution >= 0.6 is 0 Å². The maximum absolute atomic E-state index is 12.1. The molecule has 2 unspecified atom stereocenters. The van der Waals surface area contributed by atoms with E-state index in [1.807, 2.05) is 20.8 Å². The zero-order chi connectivity index (χ0) is 15.1. The second-order valence-electron chi connectivity index (χ2n) is 6.93. The topological polar surface area (TPSA) is 66.9 Å². The Morgan fingerprint density at radius 3 is 2.00 bits per heavy atom. The number of sulfonamides is 1. The van der Waals surface area contributed by atoms with Gasteiger partial charge in [-0.3, -0.25) is 0 Å².